The van der Waals surface area contributed by atoms with Crippen molar-refractivity contribution < 1.29 is 14.2 Å². The van der Waals surface area contributed by atoms with Crippen LogP contribution in [0.25, 0.3) is 0 Å². The van der Waals surface area contributed by atoms with Gasteiger partial charge in [-0.25, -0.2) is 0 Å². The molecule has 33 heavy (non-hydrogen) atoms. The quantitative estimate of drug-likeness (QED) is 0.207. The molecule has 1 N–H and O–H groups in total. The summed E-state index contributed by atoms with van der Waals surface area (Å²) < 4.78 is 20.4. The molecule has 0 saturated heterocycles. The number of nitro benzene ring substituents is 1. The van der Waals surface area contributed by atoms with Crippen LogP contribution in [0.15, 0.2) is 109 Å². The van der Waals surface area contributed by atoms with Gasteiger partial charge in [-0.05, 0) is 29.8 Å². The number of hydrogen-bond donors (Lipinski definition) is 1. The van der Waals surface area contributed by atoms with Gasteiger partial charge in [-0.15, -0.1) is 0 Å². The Labute approximate surface area is 192 Å². The fourth-order valence-electron chi connectivity index (χ4n) is 3.75. The van der Waals surface area contributed by atoms with Crippen molar-refractivity contribution >= 4 is 29.1 Å². The number of nitrogens with zero attached hydrogens (tertiary/aromatic N) is 1. The third-order valence-electron chi connectivity index (χ3n) is 5.46. The Morgan fingerprint density at radius 1 is 0.788 bits per heavy atom. The van der Waals surface area contributed by atoms with E-state index in [0.29, 0.717) is 22.0 Å². The Kier molecular flexibility index (Phi) is 6.57. The summed E-state index contributed by atoms with van der Waals surface area (Å²) in [5.41, 5.74) is 1.44. The molecule has 0 bridgehead atoms. The second-order valence-corrected chi connectivity index (χ2v) is 10.3. The summed E-state index contributed by atoms with van der Waals surface area (Å²) in [5, 5.41) is 15.9. The molecule has 0 aliphatic carbocycles. The largest absolute Gasteiger partial charge is 0.497 e. The highest BCUT2D eigenvalue weighted by Crippen LogP contribution is 2.57. The van der Waals surface area contributed by atoms with Gasteiger partial charge in [0.1, 0.15) is 11.5 Å². The Morgan fingerprint density at radius 3 is 1.76 bits per heavy atom. The summed E-state index contributed by atoms with van der Waals surface area (Å²) in [6.45, 7) is 0. The van der Waals surface area contributed by atoms with Crippen LogP contribution in [0.2, 0.25) is 0 Å². The van der Waals surface area contributed by atoms with Gasteiger partial charge in [0.15, 0.2) is 7.14 Å². The van der Waals surface area contributed by atoms with Crippen molar-refractivity contribution in [1.82, 2.24) is 0 Å². The summed E-state index contributed by atoms with van der Waals surface area (Å²) in [6, 6.07) is 32.4. The smallest absolute Gasteiger partial charge is 0.269 e. The molecular weight excluding hydrogens is 435 g/mol. The Balaban J connectivity index is 1.88. The normalized spacial score (nSPS) is 12.0. The van der Waals surface area contributed by atoms with Gasteiger partial charge in [0.25, 0.3) is 5.69 Å². The lowest BCUT2D eigenvalue weighted by molar-refractivity contribution is -0.384. The highest BCUT2D eigenvalue weighted by atomic mass is 31.2. The third kappa shape index (κ3) is 4.66. The Hall–Kier alpha value is -3.89. The van der Waals surface area contributed by atoms with Gasteiger partial charge >= 0.3 is 0 Å². The number of rotatable bonds is 8. The highest BCUT2D eigenvalue weighted by Gasteiger charge is 2.38. The second kappa shape index (κ2) is 9.72. The van der Waals surface area contributed by atoms with Crippen LogP contribution in [0.3, 0.4) is 0 Å². The average molecular weight is 458 g/mol. The zero-order valence-electron chi connectivity index (χ0n) is 18.0. The Bertz CT molecular complexity index is 1220. The molecule has 0 radical (unpaired) electrons. The standard InChI is InChI=1S/C26H23N2O4P/c1-32-23-18-12-20(13-19-23)26(27-21-14-16-22(17-15-21)28(29)30)33(31,24-8-4-2-5-9-24)25-10-6-3-7-11-25/h2-19,26-27H,1H3/t26-/m1/s1. The first-order chi connectivity index (χ1) is 16.0. The summed E-state index contributed by atoms with van der Waals surface area (Å²) in [5.74, 6) is 0.0803. The van der Waals surface area contributed by atoms with Crippen LogP contribution in [-0.2, 0) is 4.57 Å². The zero-order valence-corrected chi connectivity index (χ0v) is 18.9. The van der Waals surface area contributed by atoms with Gasteiger partial charge in [-0.3, -0.25) is 10.1 Å². The fourth-order valence-corrected chi connectivity index (χ4v) is 6.80. The van der Waals surface area contributed by atoms with Crippen molar-refractivity contribution in [2.75, 3.05) is 12.4 Å². The van der Waals surface area contributed by atoms with E-state index in [1.54, 1.807) is 19.2 Å². The first-order valence-electron chi connectivity index (χ1n) is 10.4. The average Bonchev–Trinajstić information content (AvgIpc) is 2.88. The lowest BCUT2D eigenvalue weighted by Crippen LogP contribution is -2.25. The topological polar surface area (TPSA) is 81.5 Å². The number of nitrogens with one attached hydrogen (secondary N) is 1. The van der Waals surface area contributed by atoms with Crippen molar-refractivity contribution in [3.8, 4) is 5.75 Å². The number of nitro groups is 1. The molecule has 0 amide bonds. The fraction of sp³-hybridized carbons (Fsp3) is 0.0769. The lowest BCUT2D eigenvalue weighted by atomic mass is 10.2. The first kappa shape index (κ1) is 22.3. The second-order valence-electron chi connectivity index (χ2n) is 7.45. The molecule has 0 aliphatic rings. The molecule has 0 spiro atoms. The van der Waals surface area contributed by atoms with E-state index in [9.17, 15) is 10.1 Å². The summed E-state index contributed by atoms with van der Waals surface area (Å²) in [6.07, 6.45) is 0. The number of anilines is 1. The highest BCUT2D eigenvalue weighted by molar-refractivity contribution is 7.79. The van der Waals surface area contributed by atoms with Crippen LogP contribution < -0.4 is 20.7 Å². The van der Waals surface area contributed by atoms with Gasteiger partial charge in [-0.1, -0.05) is 72.8 Å². The number of ether oxygens (including phenoxy) is 1. The third-order valence-corrected chi connectivity index (χ3v) is 8.74. The van der Waals surface area contributed by atoms with Gasteiger partial charge < -0.3 is 14.6 Å². The molecule has 0 aromatic heterocycles. The molecule has 0 aliphatic heterocycles. The van der Waals surface area contributed by atoms with E-state index < -0.39 is 17.8 Å². The molecule has 0 heterocycles. The minimum absolute atomic E-state index is 0.00384. The molecule has 0 unspecified atom stereocenters. The summed E-state index contributed by atoms with van der Waals surface area (Å²) in [7, 11) is -1.66. The molecule has 4 aromatic rings. The molecule has 0 saturated carbocycles. The predicted molar refractivity (Wildman–Crippen MR) is 132 cm³/mol. The SMILES string of the molecule is COc1ccc([C@H](Nc2ccc([N+](=O)[O-])cc2)P(=O)(c2ccccc2)c2ccccc2)cc1. The van der Waals surface area contributed by atoms with Crippen LogP contribution in [-0.4, -0.2) is 12.0 Å². The maximum absolute atomic E-state index is 15.0. The minimum atomic E-state index is -3.26. The van der Waals surface area contributed by atoms with Crippen molar-refractivity contribution in [2.45, 2.75) is 5.78 Å². The van der Waals surface area contributed by atoms with E-state index in [4.69, 9.17) is 4.74 Å². The van der Waals surface area contributed by atoms with E-state index in [2.05, 4.69) is 5.32 Å². The van der Waals surface area contributed by atoms with Crippen LogP contribution in [0.5, 0.6) is 5.75 Å². The Morgan fingerprint density at radius 2 is 1.30 bits per heavy atom. The van der Waals surface area contributed by atoms with E-state index in [1.165, 1.54) is 12.1 Å². The maximum atomic E-state index is 15.0. The molecule has 4 aromatic carbocycles. The number of methoxy groups -OCH3 is 1. The summed E-state index contributed by atoms with van der Waals surface area (Å²) >= 11 is 0. The van der Waals surface area contributed by atoms with E-state index in [0.717, 1.165) is 5.56 Å². The van der Waals surface area contributed by atoms with Crippen molar-refractivity contribution in [3.63, 3.8) is 0 Å². The lowest BCUT2D eigenvalue weighted by Gasteiger charge is -2.31. The predicted octanol–water partition coefficient (Wildman–Crippen LogP) is 5.73. The molecule has 6 nitrogen and oxygen atoms in total. The van der Waals surface area contributed by atoms with Crippen molar-refractivity contribution in [3.05, 3.63) is 125 Å². The summed E-state index contributed by atoms with van der Waals surface area (Å²) in [4.78, 5) is 10.6. The molecule has 4 rings (SSSR count). The van der Waals surface area contributed by atoms with Gasteiger partial charge in [0.05, 0.1) is 12.0 Å². The van der Waals surface area contributed by atoms with Crippen LogP contribution in [0.1, 0.15) is 11.3 Å². The van der Waals surface area contributed by atoms with Crippen LogP contribution >= 0.6 is 7.14 Å². The van der Waals surface area contributed by atoms with Gasteiger partial charge in [-0.2, -0.15) is 0 Å². The van der Waals surface area contributed by atoms with Crippen LogP contribution in [0.4, 0.5) is 11.4 Å². The van der Waals surface area contributed by atoms with E-state index in [1.807, 2.05) is 84.9 Å². The number of benzene rings is 4. The molecule has 0 fully saturated rings. The van der Waals surface area contributed by atoms with E-state index >= 15 is 4.57 Å². The maximum Gasteiger partial charge on any atom is 0.269 e. The molecule has 1 atom stereocenters. The monoisotopic (exact) mass is 458 g/mol. The molecular formula is C26H23N2O4P. The van der Waals surface area contributed by atoms with Crippen LogP contribution in [0, 0.1) is 10.1 Å². The van der Waals surface area contributed by atoms with Crippen molar-refractivity contribution in [2.24, 2.45) is 0 Å². The van der Waals surface area contributed by atoms with Gasteiger partial charge in [0.2, 0.25) is 0 Å². The minimum Gasteiger partial charge on any atom is -0.497 e. The molecule has 7 heteroatoms. The van der Waals surface area contributed by atoms with E-state index in [-0.39, 0.29) is 5.69 Å². The first-order valence-corrected chi connectivity index (χ1v) is 12.2. The molecule has 166 valence electrons. The zero-order chi connectivity index (χ0) is 23.3. The van der Waals surface area contributed by atoms with Gasteiger partial charge in [0, 0.05) is 28.4 Å². The van der Waals surface area contributed by atoms with Crippen molar-refractivity contribution in [1.29, 1.82) is 0 Å². The number of non-ortho nitro benzene ring substituents is 1. The number of hydrogen-bond acceptors (Lipinski definition) is 5.